The molecule has 2 aliphatic carbocycles. The Morgan fingerprint density at radius 3 is 2.12 bits per heavy atom. The highest BCUT2D eigenvalue weighted by molar-refractivity contribution is 7.92. The average Bonchev–Trinajstić information content (AvgIpc) is 3.58. The van der Waals surface area contributed by atoms with Crippen molar-refractivity contribution < 1.29 is 13.2 Å². The van der Waals surface area contributed by atoms with Gasteiger partial charge in [0.15, 0.2) is 0 Å². The first-order chi connectivity index (χ1) is 15.7. The van der Waals surface area contributed by atoms with Crippen LogP contribution in [0.3, 0.4) is 0 Å². The topological polar surface area (TPSA) is 75.3 Å². The summed E-state index contributed by atoms with van der Waals surface area (Å²) >= 11 is 0. The van der Waals surface area contributed by atoms with Crippen molar-refractivity contribution in [2.75, 3.05) is 4.72 Å². The van der Waals surface area contributed by atoms with Gasteiger partial charge in [-0.3, -0.25) is 9.52 Å². The van der Waals surface area contributed by atoms with Gasteiger partial charge in [-0.1, -0.05) is 45.0 Å². The highest BCUT2D eigenvalue weighted by Gasteiger charge is 2.51. The third kappa shape index (κ3) is 5.60. The Hall–Kier alpha value is -2.34. The largest absolute Gasteiger partial charge is 0.353 e. The van der Waals surface area contributed by atoms with Crippen molar-refractivity contribution in [2.45, 2.75) is 82.1 Å². The standard InChI is InChI=1S/C27H36N2O3S/c1-19(2)18-21-6-14-25(15-7-21)33(31,32)29-24-12-8-22(9-13-24)27(16-17-27)26(30)28-23-10-4-20(3)5-11-23/h6-9,12-15,19-20,23,29H,4-5,10-11,16-18H2,1-3H3,(H,28,30). The van der Waals surface area contributed by atoms with E-state index in [1.165, 1.54) is 12.8 Å². The Kier molecular flexibility index (Phi) is 6.85. The smallest absolute Gasteiger partial charge is 0.261 e. The van der Waals surface area contributed by atoms with Crippen LogP contribution in [0.4, 0.5) is 5.69 Å². The van der Waals surface area contributed by atoms with Crippen LogP contribution in [-0.4, -0.2) is 20.4 Å². The minimum atomic E-state index is -3.66. The molecule has 0 atom stereocenters. The zero-order valence-electron chi connectivity index (χ0n) is 19.9. The Bertz CT molecular complexity index is 1060. The fraction of sp³-hybridized carbons (Fsp3) is 0.519. The SMILES string of the molecule is CC(C)Cc1ccc(S(=O)(=O)Nc2ccc(C3(C(=O)NC4CCC(C)CC4)CC3)cc2)cc1. The third-order valence-corrected chi connectivity index (χ3v) is 8.50. The molecule has 2 aromatic carbocycles. The number of amides is 1. The lowest BCUT2D eigenvalue weighted by Crippen LogP contribution is -2.43. The number of hydrogen-bond acceptors (Lipinski definition) is 3. The molecule has 0 unspecified atom stereocenters. The van der Waals surface area contributed by atoms with Gasteiger partial charge in [0.2, 0.25) is 5.91 Å². The molecule has 2 aliphatic rings. The van der Waals surface area contributed by atoms with Crippen molar-refractivity contribution in [1.29, 1.82) is 0 Å². The maximum absolute atomic E-state index is 13.0. The van der Waals surface area contributed by atoms with Crippen molar-refractivity contribution in [3.05, 3.63) is 59.7 Å². The number of sulfonamides is 1. The van der Waals surface area contributed by atoms with Crippen LogP contribution in [-0.2, 0) is 26.7 Å². The highest BCUT2D eigenvalue weighted by Crippen LogP contribution is 2.49. The van der Waals surface area contributed by atoms with Crippen LogP contribution in [0.5, 0.6) is 0 Å². The van der Waals surface area contributed by atoms with Crippen LogP contribution < -0.4 is 10.0 Å². The number of hydrogen-bond donors (Lipinski definition) is 2. The molecule has 2 N–H and O–H groups in total. The van der Waals surface area contributed by atoms with E-state index in [-0.39, 0.29) is 16.8 Å². The zero-order chi connectivity index (χ0) is 23.6. The average molecular weight is 469 g/mol. The van der Waals surface area contributed by atoms with E-state index in [9.17, 15) is 13.2 Å². The normalized spacial score (nSPS) is 22.1. The second kappa shape index (κ2) is 9.49. The molecule has 0 heterocycles. The second-order valence-electron chi connectivity index (χ2n) is 10.4. The first-order valence-corrected chi connectivity index (χ1v) is 13.7. The van der Waals surface area contributed by atoms with Gasteiger partial charge in [-0.05, 0) is 92.2 Å². The summed E-state index contributed by atoms with van der Waals surface area (Å²) in [7, 11) is -3.66. The molecule has 2 fully saturated rings. The monoisotopic (exact) mass is 468 g/mol. The van der Waals surface area contributed by atoms with E-state index in [4.69, 9.17) is 0 Å². The molecule has 5 nitrogen and oxygen atoms in total. The molecular weight excluding hydrogens is 432 g/mol. The van der Waals surface area contributed by atoms with Gasteiger partial charge < -0.3 is 5.32 Å². The molecule has 178 valence electrons. The molecule has 0 saturated heterocycles. The fourth-order valence-electron chi connectivity index (χ4n) is 4.85. The summed E-state index contributed by atoms with van der Waals surface area (Å²) in [5.41, 5.74) is 2.14. The van der Waals surface area contributed by atoms with Crippen LogP contribution >= 0.6 is 0 Å². The number of carbonyl (C=O) groups excluding carboxylic acids is 1. The second-order valence-corrected chi connectivity index (χ2v) is 12.1. The highest BCUT2D eigenvalue weighted by atomic mass is 32.2. The Morgan fingerprint density at radius 2 is 1.58 bits per heavy atom. The third-order valence-electron chi connectivity index (χ3n) is 7.10. The van der Waals surface area contributed by atoms with E-state index in [0.717, 1.165) is 49.1 Å². The summed E-state index contributed by atoms with van der Waals surface area (Å²) in [6.45, 7) is 6.56. The minimum Gasteiger partial charge on any atom is -0.353 e. The van der Waals surface area contributed by atoms with Crippen molar-refractivity contribution in [1.82, 2.24) is 5.32 Å². The van der Waals surface area contributed by atoms with Gasteiger partial charge in [-0.25, -0.2) is 8.42 Å². The van der Waals surface area contributed by atoms with E-state index in [1.807, 2.05) is 24.3 Å². The van der Waals surface area contributed by atoms with Gasteiger partial charge in [0.25, 0.3) is 10.0 Å². The molecule has 33 heavy (non-hydrogen) atoms. The zero-order valence-corrected chi connectivity index (χ0v) is 20.8. The van der Waals surface area contributed by atoms with Crippen molar-refractivity contribution >= 4 is 21.6 Å². The Balaban J connectivity index is 1.40. The number of rotatable bonds is 8. The molecule has 4 rings (SSSR count). The molecule has 0 radical (unpaired) electrons. The van der Waals surface area contributed by atoms with E-state index in [2.05, 4.69) is 30.8 Å². The Labute approximate surface area is 198 Å². The minimum absolute atomic E-state index is 0.122. The summed E-state index contributed by atoms with van der Waals surface area (Å²) < 4.78 is 28.3. The van der Waals surface area contributed by atoms with Crippen LogP contribution in [0.15, 0.2) is 53.4 Å². The van der Waals surface area contributed by atoms with Crippen LogP contribution in [0.2, 0.25) is 0 Å². The molecule has 0 spiro atoms. The maximum atomic E-state index is 13.0. The van der Waals surface area contributed by atoms with E-state index in [0.29, 0.717) is 11.6 Å². The first kappa shape index (κ1) is 23.8. The molecule has 0 bridgehead atoms. The van der Waals surface area contributed by atoms with Crippen LogP contribution in [0, 0.1) is 11.8 Å². The molecule has 0 aromatic heterocycles. The van der Waals surface area contributed by atoms with E-state index in [1.54, 1.807) is 24.3 Å². The van der Waals surface area contributed by atoms with Crippen LogP contribution in [0.1, 0.15) is 70.4 Å². The first-order valence-electron chi connectivity index (χ1n) is 12.2. The van der Waals surface area contributed by atoms with E-state index < -0.39 is 15.4 Å². The van der Waals surface area contributed by atoms with Crippen molar-refractivity contribution in [3.63, 3.8) is 0 Å². The summed E-state index contributed by atoms with van der Waals surface area (Å²) in [4.78, 5) is 13.3. The molecule has 6 heteroatoms. The molecular formula is C27H36N2O3S. The molecule has 1 amide bonds. The molecule has 2 aromatic rings. The number of nitrogens with one attached hydrogen (secondary N) is 2. The quantitative estimate of drug-likeness (QED) is 0.544. The lowest BCUT2D eigenvalue weighted by atomic mass is 9.86. The predicted molar refractivity (Wildman–Crippen MR) is 133 cm³/mol. The van der Waals surface area contributed by atoms with Gasteiger partial charge >= 0.3 is 0 Å². The number of carbonyl (C=O) groups is 1. The molecule has 2 saturated carbocycles. The lowest BCUT2D eigenvalue weighted by Gasteiger charge is -2.28. The fourth-order valence-corrected chi connectivity index (χ4v) is 5.91. The summed E-state index contributed by atoms with van der Waals surface area (Å²) in [6, 6.07) is 14.6. The Morgan fingerprint density at radius 1 is 0.970 bits per heavy atom. The van der Waals surface area contributed by atoms with Gasteiger partial charge in [-0.15, -0.1) is 0 Å². The summed E-state index contributed by atoms with van der Waals surface area (Å²) in [5.74, 6) is 1.39. The van der Waals surface area contributed by atoms with Crippen molar-refractivity contribution in [2.24, 2.45) is 11.8 Å². The summed E-state index contributed by atoms with van der Waals surface area (Å²) in [6.07, 6.45) is 7.07. The molecule has 0 aliphatic heterocycles. The van der Waals surface area contributed by atoms with Gasteiger partial charge in [0, 0.05) is 11.7 Å². The number of anilines is 1. The summed E-state index contributed by atoms with van der Waals surface area (Å²) in [5, 5.41) is 3.28. The van der Waals surface area contributed by atoms with Gasteiger partial charge in [-0.2, -0.15) is 0 Å². The number of benzene rings is 2. The van der Waals surface area contributed by atoms with Crippen molar-refractivity contribution in [3.8, 4) is 0 Å². The van der Waals surface area contributed by atoms with Gasteiger partial charge in [0.05, 0.1) is 10.3 Å². The predicted octanol–water partition coefficient (Wildman–Crippen LogP) is 5.41. The maximum Gasteiger partial charge on any atom is 0.261 e. The van der Waals surface area contributed by atoms with Gasteiger partial charge in [0.1, 0.15) is 0 Å². The van der Waals surface area contributed by atoms with Crippen LogP contribution in [0.25, 0.3) is 0 Å². The van der Waals surface area contributed by atoms with E-state index >= 15 is 0 Å². The lowest BCUT2D eigenvalue weighted by molar-refractivity contribution is -0.124.